The van der Waals surface area contributed by atoms with Crippen molar-refractivity contribution < 1.29 is 26.7 Å². The first-order valence-corrected chi connectivity index (χ1v) is 11.0. The molecule has 0 unspecified atom stereocenters. The lowest BCUT2D eigenvalue weighted by Crippen LogP contribution is -2.13. The summed E-state index contributed by atoms with van der Waals surface area (Å²) in [6, 6.07) is 10.5. The number of nitrogens with one attached hydrogen (secondary N) is 1. The van der Waals surface area contributed by atoms with Crippen LogP contribution in [0.3, 0.4) is 0 Å². The zero-order chi connectivity index (χ0) is 27.7. The number of rotatable bonds is 6. The van der Waals surface area contributed by atoms with E-state index in [0.717, 1.165) is 18.2 Å². The van der Waals surface area contributed by atoms with Gasteiger partial charge in [-0.3, -0.25) is 4.79 Å². The number of hydrogen-bond acceptors (Lipinski definition) is 7. The van der Waals surface area contributed by atoms with Crippen molar-refractivity contribution in [1.29, 1.82) is 0 Å². The molecule has 0 fully saturated rings. The smallest absolute Gasteiger partial charge is 0.364 e. The van der Waals surface area contributed by atoms with Gasteiger partial charge in [-0.05, 0) is 48.5 Å². The second kappa shape index (κ2) is 9.89. The first-order chi connectivity index (χ1) is 18.6. The summed E-state index contributed by atoms with van der Waals surface area (Å²) in [5.41, 5.74) is 3.54. The first kappa shape index (κ1) is 25.4. The highest BCUT2D eigenvalue weighted by molar-refractivity contribution is 5.91. The minimum absolute atomic E-state index is 0.0125. The van der Waals surface area contributed by atoms with Crippen molar-refractivity contribution in [2.75, 3.05) is 5.32 Å². The van der Waals surface area contributed by atoms with Crippen LogP contribution in [0.5, 0.6) is 0 Å². The first-order valence-electron chi connectivity index (χ1n) is 11.0. The van der Waals surface area contributed by atoms with Crippen molar-refractivity contribution in [1.82, 2.24) is 29.7 Å². The number of aromatic nitrogens is 6. The predicted molar refractivity (Wildman–Crippen MR) is 129 cm³/mol. The van der Waals surface area contributed by atoms with E-state index in [0.29, 0.717) is 11.8 Å². The van der Waals surface area contributed by atoms with Crippen molar-refractivity contribution >= 4 is 17.4 Å². The summed E-state index contributed by atoms with van der Waals surface area (Å²) in [5, 5.41) is 7.10. The van der Waals surface area contributed by atoms with Crippen LogP contribution in [0.25, 0.3) is 28.6 Å². The molecule has 0 atom stereocenters. The summed E-state index contributed by atoms with van der Waals surface area (Å²) in [5.74, 6) is -2.78. The highest BCUT2D eigenvalue weighted by Crippen LogP contribution is 2.39. The fraction of sp³-hybridized carbons (Fsp3) is 0.0400. The highest BCUT2D eigenvalue weighted by atomic mass is 19.4. The number of benzene rings is 2. The highest BCUT2D eigenvalue weighted by Gasteiger charge is 2.36. The molecule has 0 aliphatic heterocycles. The molecule has 0 spiro atoms. The molecule has 0 saturated heterocycles. The van der Waals surface area contributed by atoms with Crippen LogP contribution in [0.4, 0.5) is 33.5 Å². The molecule has 0 bridgehead atoms. The Morgan fingerprint density at radius 1 is 0.897 bits per heavy atom. The molecule has 14 heteroatoms. The van der Waals surface area contributed by atoms with E-state index in [9.17, 15) is 22.4 Å². The maximum atomic E-state index is 15.1. The van der Waals surface area contributed by atoms with E-state index < -0.39 is 34.8 Å². The van der Waals surface area contributed by atoms with E-state index in [-0.39, 0.29) is 34.5 Å². The lowest BCUT2D eigenvalue weighted by molar-refractivity contribution is -0.137. The lowest BCUT2D eigenvalue weighted by Gasteiger charge is -2.16. The number of anilines is 2. The van der Waals surface area contributed by atoms with Gasteiger partial charge in [0.1, 0.15) is 28.8 Å². The van der Waals surface area contributed by atoms with E-state index in [2.05, 4.69) is 30.4 Å². The maximum absolute atomic E-state index is 15.1. The molecule has 3 N–H and O–H groups in total. The zero-order valence-electron chi connectivity index (χ0n) is 19.5. The molecule has 5 rings (SSSR count). The minimum atomic E-state index is -4.89. The molecule has 0 radical (unpaired) electrons. The summed E-state index contributed by atoms with van der Waals surface area (Å²) >= 11 is 0. The summed E-state index contributed by atoms with van der Waals surface area (Å²) in [6.45, 7) is 0. The lowest BCUT2D eigenvalue weighted by atomic mass is 10.0. The van der Waals surface area contributed by atoms with Crippen LogP contribution >= 0.6 is 0 Å². The van der Waals surface area contributed by atoms with Crippen LogP contribution in [-0.4, -0.2) is 35.6 Å². The van der Waals surface area contributed by atoms with E-state index >= 15 is 4.39 Å². The monoisotopic (exact) mass is 538 g/mol. The molecule has 0 saturated carbocycles. The fourth-order valence-corrected chi connectivity index (χ4v) is 3.64. The summed E-state index contributed by atoms with van der Waals surface area (Å²) in [4.78, 5) is 27.4. The molecule has 39 heavy (non-hydrogen) atoms. The van der Waals surface area contributed by atoms with Crippen molar-refractivity contribution in [3.63, 3.8) is 0 Å². The number of primary amides is 1. The van der Waals surface area contributed by atoms with Crippen molar-refractivity contribution in [2.24, 2.45) is 5.73 Å². The SMILES string of the molecule is NC(=O)c1ccnc(-c2cc(Nc3cc(-c4ncccn4)c(C(F)(F)F)cc3F)n(-c3ccc(F)cc3)n2)n1. The van der Waals surface area contributed by atoms with Gasteiger partial charge in [0.25, 0.3) is 5.91 Å². The standard InChI is InChI=1S/C25H15F5N8O/c26-13-2-4-14(5-3-13)38-21(12-20(37-38)24-34-9-6-18(36-24)22(31)39)35-19-10-15(23-32-7-1-8-33-23)16(11-17(19)27)25(28,29)30/h1-12,35H,(H2,31,39). The van der Waals surface area contributed by atoms with Crippen LogP contribution in [-0.2, 0) is 6.18 Å². The Hall–Kier alpha value is -5.27. The normalized spacial score (nSPS) is 11.4. The molecular weight excluding hydrogens is 523 g/mol. The number of amides is 1. The largest absolute Gasteiger partial charge is 0.417 e. The van der Waals surface area contributed by atoms with Gasteiger partial charge in [0, 0.05) is 30.2 Å². The van der Waals surface area contributed by atoms with Gasteiger partial charge in [-0.15, -0.1) is 0 Å². The Bertz CT molecular complexity index is 1670. The van der Waals surface area contributed by atoms with Gasteiger partial charge in [-0.2, -0.15) is 18.3 Å². The van der Waals surface area contributed by atoms with Crippen LogP contribution in [0, 0.1) is 11.6 Å². The quantitative estimate of drug-likeness (QED) is 0.294. The Kier molecular flexibility index (Phi) is 6.44. The average Bonchev–Trinajstić information content (AvgIpc) is 3.34. The van der Waals surface area contributed by atoms with Gasteiger partial charge in [-0.1, -0.05) is 0 Å². The number of halogens is 5. The third-order valence-corrected chi connectivity index (χ3v) is 5.40. The number of carbonyl (C=O) groups is 1. The molecule has 9 nitrogen and oxygen atoms in total. The molecule has 0 aliphatic rings. The van der Waals surface area contributed by atoms with E-state index in [1.807, 2.05) is 0 Å². The van der Waals surface area contributed by atoms with Crippen LogP contribution in [0.2, 0.25) is 0 Å². The Morgan fingerprint density at radius 3 is 2.26 bits per heavy atom. The molecule has 1 amide bonds. The fourth-order valence-electron chi connectivity index (χ4n) is 3.64. The Labute approximate surface area is 216 Å². The number of alkyl halides is 3. The predicted octanol–water partition coefficient (Wildman–Crippen LogP) is 4.93. The molecule has 5 aromatic rings. The van der Waals surface area contributed by atoms with Gasteiger partial charge in [0.2, 0.25) is 0 Å². The van der Waals surface area contributed by atoms with Crippen molar-refractivity contribution in [3.05, 3.63) is 96.1 Å². The topological polar surface area (TPSA) is 124 Å². The minimum Gasteiger partial charge on any atom is -0.364 e. The molecule has 0 aliphatic carbocycles. The number of hydrogen-bond donors (Lipinski definition) is 2. The van der Waals surface area contributed by atoms with E-state index in [1.54, 1.807) is 0 Å². The Morgan fingerprint density at radius 2 is 1.59 bits per heavy atom. The van der Waals surface area contributed by atoms with Crippen LogP contribution in [0.15, 0.2) is 73.2 Å². The second-order valence-corrected chi connectivity index (χ2v) is 8.01. The summed E-state index contributed by atoms with van der Waals surface area (Å²) in [6.07, 6.45) is -1.09. The number of nitrogens with zero attached hydrogens (tertiary/aromatic N) is 6. The summed E-state index contributed by atoms with van der Waals surface area (Å²) in [7, 11) is 0. The Balaban J connectivity index is 1.65. The number of nitrogens with two attached hydrogens (primary N) is 1. The van der Waals surface area contributed by atoms with Gasteiger partial charge in [0.05, 0.1) is 16.9 Å². The molecule has 2 aromatic carbocycles. The molecule has 3 aromatic heterocycles. The molecule has 196 valence electrons. The third kappa shape index (κ3) is 5.25. The molecule has 3 heterocycles. The van der Waals surface area contributed by atoms with Crippen LogP contribution in [0.1, 0.15) is 16.1 Å². The van der Waals surface area contributed by atoms with E-state index in [4.69, 9.17) is 5.73 Å². The van der Waals surface area contributed by atoms with Gasteiger partial charge < -0.3 is 11.1 Å². The van der Waals surface area contributed by atoms with Crippen molar-refractivity contribution in [2.45, 2.75) is 6.18 Å². The summed E-state index contributed by atoms with van der Waals surface area (Å²) < 4.78 is 71.1. The third-order valence-electron chi connectivity index (χ3n) is 5.40. The van der Waals surface area contributed by atoms with Gasteiger partial charge in [-0.25, -0.2) is 33.4 Å². The maximum Gasteiger partial charge on any atom is 0.417 e. The average molecular weight is 538 g/mol. The molecular formula is C25H15F5N8O. The van der Waals surface area contributed by atoms with Crippen molar-refractivity contribution in [3.8, 4) is 28.6 Å². The van der Waals surface area contributed by atoms with Gasteiger partial charge >= 0.3 is 6.18 Å². The van der Waals surface area contributed by atoms with Gasteiger partial charge in [0.15, 0.2) is 11.6 Å². The van der Waals surface area contributed by atoms with E-state index in [1.165, 1.54) is 53.6 Å². The number of carbonyl (C=O) groups excluding carboxylic acids is 1. The second-order valence-electron chi connectivity index (χ2n) is 8.01. The zero-order valence-corrected chi connectivity index (χ0v) is 19.5. The van der Waals surface area contributed by atoms with Crippen LogP contribution < -0.4 is 11.1 Å².